The van der Waals surface area contributed by atoms with Crippen molar-refractivity contribution in [3.05, 3.63) is 29.3 Å². The zero-order chi connectivity index (χ0) is 14.0. The van der Waals surface area contributed by atoms with Crippen LogP contribution < -0.4 is 5.73 Å². The van der Waals surface area contributed by atoms with Crippen molar-refractivity contribution in [2.45, 2.75) is 6.10 Å². The molecule has 1 saturated heterocycles. The van der Waals surface area contributed by atoms with Crippen LogP contribution in [-0.2, 0) is 4.74 Å². The van der Waals surface area contributed by atoms with Crippen LogP contribution in [0.25, 0.3) is 0 Å². The van der Waals surface area contributed by atoms with Crippen molar-refractivity contribution in [2.24, 2.45) is 0 Å². The van der Waals surface area contributed by atoms with Crippen molar-refractivity contribution in [1.29, 1.82) is 0 Å². The second-order valence-electron chi connectivity index (χ2n) is 4.28. The Hall–Kier alpha value is -1.73. The molecule has 0 bridgehead atoms. The molecule has 2 rings (SSSR count). The first-order valence-corrected chi connectivity index (χ1v) is 5.79. The number of nitrogens with zero attached hydrogens (tertiary/aromatic N) is 1. The summed E-state index contributed by atoms with van der Waals surface area (Å²) in [7, 11) is 0. The van der Waals surface area contributed by atoms with Crippen LogP contribution in [0.3, 0.4) is 0 Å². The second-order valence-corrected chi connectivity index (χ2v) is 4.28. The van der Waals surface area contributed by atoms with Crippen LogP contribution in [0.4, 0.5) is 14.5 Å². The molecule has 5 nitrogen and oxygen atoms in total. The second kappa shape index (κ2) is 5.50. The molecule has 104 valence electrons. The number of rotatable bonds is 2. The summed E-state index contributed by atoms with van der Waals surface area (Å²) in [6.07, 6.45) is -0.471. The number of ether oxygens (including phenoxy) is 1. The van der Waals surface area contributed by atoms with E-state index in [0.29, 0.717) is 6.54 Å². The van der Waals surface area contributed by atoms with Crippen LogP contribution in [0.2, 0.25) is 0 Å². The van der Waals surface area contributed by atoms with Crippen LogP contribution >= 0.6 is 0 Å². The zero-order valence-corrected chi connectivity index (χ0v) is 10.1. The summed E-state index contributed by atoms with van der Waals surface area (Å²) in [6.45, 7) is 0.553. The lowest BCUT2D eigenvalue weighted by molar-refractivity contribution is -0.0447. The topological polar surface area (TPSA) is 75.8 Å². The molecule has 1 aromatic carbocycles. The normalized spacial score (nSPS) is 19.5. The Bertz CT molecular complexity index is 473. The van der Waals surface area contributed by atoms with Crippen LogP contribution in [0.1, 0.15) is 10.4 Å². The van der Waals surface area contributed by atoms with Crippen LogP contribution in [-0.4, -0.2) is 48.3 Å². The maximum atomic E-state index is 13.3. The van der Waals surface area contributed by atoms with Gasteiger partial charge in [0.15, 0.2) is 0 Å². The van der Waals surface area contributed by atoms with Gasteiger partial charge in [0.1, 0.15) is 17.3 Å². The Balaban J connectivity index is 2.19. The Morgan fingerprint density at radius 2 is 2.11 bits per heavy atom. The monoisotopic (exact) mass is 272 g/mol. The van der Waals surface area contributed by atoms with E-state index in [1.54, 1.807) is 0 Å². The van der Waals surface area contributed by atoms with Crippen molar-refractivity contribution < 1.29 is 23.4 Å². The van der Waals surface area contributed by atoms with Gasteiger partial charge in [0.2, 0.25) is 0 Å². The molecule has 1 aromatic rings. The molecule has 1 heterocycles. The average Bonchev–Trinajstić information content (AvgIpc) is 2.43. The molecule has 0 aliphatic carbocycles. The third-order valence-electron chi connectivity index (χ3n) is 2.96. The van der Waals surface area contributed by atoms with Crippen molar-refractivity contribution in [1.82, 2.24) is 4.90 Å². The standard InChI is InChI=1S/C12H14F2N2O3/c13-9-3-7(4-10(14)11(9)15)12(18)16-1-2-19-8(5-16)6-17/h3-4,8,17H,1-2,5-6,15H2. The van der Waals surface area contributed by atoms with Crippen LogP contribution in [0, 0.1) is 11.6 Å². The Morgan fingerprint density at radius 3 is 2.68 bits per heavy atom. The maximum Gasteiger partial charge on any atom is 0.254 e. The number of halogens is 2. The molecule has 1 aliphatic heterocycles. The van der Waals surface area contributed by atoms with Gasteiger partial charge in [0.05, 0.1) is 19.3 Å². The quantitative estimate of drug-likeness (QED) is 0.763. The summed E-state index contributed by atoms with van der Waals surface area (Å²) in [5, 5.41) is 8.99. The molecular weight excluding hydrogens is 258 g/mol. The number of aliphatic hydroxyl groups excluding tert-OH is 1. The molecule has 1 unspecified atom stereocenters. The molecule has 1 atom stereocenters. The Kier molecular flexibility index (Phi) is 3.96. The minimum atomic E-state index is -0.963. The van der Waals surface area contributed by atoms with Gasteiger partial charge in [-0.1, -0.05) is 0 Å². The van der Waals surface area contributed by atoms with E-state index in [4.69, 9.17) is 15.6 Å². The van der Waals surface area contributed by atoms with Gasteiger partial charge in [0, 0.05) is 18.7 Å². The summed E-state index contributed by atoms with van der Waals surface area (Å²) in [5.41, 5.74) is 4.43. The highest BCUT2D eigenvalue weighted by atomic mass is 19.1. The SMILES string of the molecule is Nc1c(F)cc(C(=O)N2CCOC(CO)C2)cc1F. The fraction of sp³-hybridized carbons (Fsp3) is 0.417. The highest BCUT2D eigenvalue weighted by molar-refractivity contribution is 5.94. The van der Waals surface area contributed by atoms with E-state index in [-0.39, 0.29) is 25.3 Å². The minimum Gasteiger partial charge on any atom is -0.394 e. The number of aliphatic hydroxyl groups is 1. The minimum absolute atomic E-state index is 0.109. The van der Waals surface area contributed by atoms with Gasteiger partial charge in [-0.05, 0) is 12.1 Å². The number of anilines is 1. The lowest BCUT2D eigenvalue weighted by Crippen LogP contribution is -2.46. The molecule has 0 spiro atoms. The summed E-state index contributed by atoms with van der Waals surface area (Å²) in [4.78, 5) is 13.5. The number of nitrogen functional groups attached to an aromatic ring is 1. The Morgan fingerprint density at radius 1 is 1.47 bits per heavy atom. The maximum absolute atomic E-state index is 13.3. The summed E-state index contributed by atoms with van der Waals surface area (Å²) >= 11 is 0. The lowest BCUT2D eigenvalue weighted by atomic mass is 10.1. The average molecular weight is 272 g/mol. The smallest absolute Gasteiger partial charge is 0.254 e. The van der Waals surface area contributed by atoms with Crippen molar-refractivity contribution in [2.75, 3.05) is 32.0 Å². The zero-order valence-electron chi connectivity index (χ0n) is 10.1. The van der Waals surface area contributed by atoms with Gasteiger partial charge in [-0.25, -0.2) is 8.78 Å². The molecule has 19 heavy (non-hydrogen) atoms. The molecular formula is C12H14F2N2O3. The van der Waals surface area contributed by atoms with E-state index < -0.39 is 29.3 Å². The highest BCUT2D eigenvalue weighted by Gasteiger charge is 2.25. The van der Waals surface area contributed by atoms with Gasteiger partial charge in [-0.2, -0.15) is 0 Å². The van der Waals surface area contributed by atoms with Gasteiger partial charge >= 0.3 is 0 Å². The summed E-state index contributed by atoms with van der Waals surface area (Å²) < 4.78 is 31.8. The van der Waals surface area contributed by atoms with Gasteiger partial charge in [0.25, 0.3) is 5.91 Å². The number of amides is 1. The molecule has 0 saturated carbocycles. The third-order valence-corrected chi connectivity index (χ3v) is 2.96. The van der Waals surface area contributed by atoms with E-state index >= 15 is 0 Å². The Labute approximate surface area is 108 Å². The molecule has 3 N–H and O–H groups in total. The number of nitrogens with two attached hydrogens (primary N) is 1. The van der Waals surface area contributed by atoms with Gasteiger partial charge in [-0.15, -0.1) is 0 Å². The predicted molar refractivity (Wildman–Crippen MR) is 63.5 cm³/mol. The molecule has 1 aliphatic rings. The van der Waals surface area contributed by atoms with Gasteiger partial charge in [-0.3, -0.25) is 4.79 Å². The number of morpholine rings is 1. The van der Waals surface area contributed by atoms with E-state index in [1.807, 2.05) is 0 Å². The first kappa shape index (κ1) is 13.7. The molecule has 7 heteroatoms. The van der Waals surface area contributed by atoms with E-state index in [0.717, 1.165) is 12.1 Å². The van der Waals surface area contributed by atoms with Crippen molar-refractivity contribution in [3.8, 4) is 0 Å². The highest BCUT2D eigenvalue weighted by Crippen LogP contribution is 2.19. The number of hydrogen-bond acceptors (Lipinski definition) is 4. The first-order chi connectivity index (χ1) is 9.02. The van der Waals surface area contributed by atoms with E-state index in [1.165, 1.54) is 4.90 Å². The summed E-state index contributed by atoms with van der Waals surface area (Å²) in [5.74, 6) is -2.44. The number of carbonyl (C=O) groups is 1. The van der Waals surface area contributed by atoms with E-state index in [2.05, 4.69) is 0 Å². The number of carbonyl (C=O) groups excluding carboxylic acids is 1. The van der Waals surface area contributed by atoms with Crippen LogP contribution in [0.15, 0.2) is 12.1 Å². The van der Waals surface area contributed by atoms with Gasteiger partial charge < -0.3 is 20.5 Å². The van der Waals surface area contributed by atoms with E-state index in [9.17, 15) is 13.6 Å². The number of hydrogen-bond donors (Lipinski definition) is 2. The molecule has 1 fully saturated rings. The molecule has 1 amide bonds. The fourth-order valence-electron chi connectivity index (χ4n) is 1.90. The number of benzene rings is 1. The fourth-order valence-corrected chi connectivity index (χ4v) is 1.90. The lowest BCUT2D eigenvalue weighted by Gasteiger charge is -2.32. The largest absolute Gasteiger partial charge is 0.394 e. The first-order valence-electron chi connectivity index (χ1n) is 5.79. The predicted octanol–water partition coefficient (Wildman–Crippen LogP) is 0.380. The molecule has 0 radical (unpaired) electrons. The van der Waals surface area contributed by atoms with Crippen molar-refractivity contribution in [3.63, 3.8) is 0 Å². The van der Waals surface area contributed by atoms with Crippen molar-refractivity contribution >= 4 is 11.6 Å². The third kappa shape index (κ3) is 2.82. The van der Waals surface area contributed by atoms with Crippen LogP contribution in [0.5, 0.6) is 0 Å². The molecule has 0 aromatic heterocycles. The summed E-state index contributed by atoms with van der Waals surface area (Å²) in [6, 6.07) is 1.81.